The van der Waals surface area contributed by atoms with Gasteiger partial charge in [0.15, 0.2) is 11.5 Å². The first-order valence-electron chi connectivity index (χ1n) is 12.8. The fourth-order valence-electron chi connectivity index (χ4n) is 4.96. The molecule has 7 heteroatoms. The number of nitrogens with one attached hydrogen (secondary N) is 1. The molecule has 0 unspecified atom stereocenters. The fourth-order valence-corrected chi connectivity index (χ4v) is 4.96. The van der Waals surface area contributed by atoms with E-state index in [4.69, 9.17) is 14.2 Å². The predicted octanol–water partition coefficient (Wildman–Crippen LogP) is 5.22. The Bertz CT molecular complexity index is 1250. The number of amides is 2. The molecule has 0 aromatic heterocycles. The van der Waals surface area contributed by atoms with Crippen LogP contribution < -0.4 is 24.4 Å². The van der Waals surface area contributed by atoms with E-state index in [2.05, 4.69) is 5.32 Å². The molecule has 1 aliphatic heterocycles. The van der Waals surface area contributed by atoms with Gasteiger partial charge in [0.2, 0.25) is 5.91 Å². The van der Waals surface area contributed by atoms with Crippen LogP contribution in [0.5, 0.6) is 17.2 Å². The summed E-state index contributed by atoms with van der Waals surface area (Å²) in [5.41, 5.74) is 2.81. The van der Waals surface area contributed by atoms with Crippen LogP contribution in [0.2, 0.25) is 0 Å². The number of methoxy groups -OCH3 is 1. The average Bonchev–Trinajstić information content (AvgIpc) is 3.45. The summed E-state index contributed by atoms with van der Waals surface area (Å²) in [6.07, 6.45) is 4.08. The molecule has 0 saturated heterocycles. The number of carbonyl (C=O) groups excluding carboxylic acids is 2. The number of nitrogens with zero attached hydrogens (tertiary/aromatic N) is 1. The highest BCUT2D eigenvalue weighted by Gasteiger charge is 2.35. The Morgan fingerprint density at radius 1 is 0.919 bits per heavy atom. The Morgan fingerprint density at radius 2 is 1.59 bits per heavy atom. The number of carbonyl (C=O) groups is 2. The van der Waals surface area contributed by atoms with Crippen molar-refractivity contribution in [3.8, 4) is 17.2 Å². The highest BCUT2D eigenvalue weighted by Crippen LogP contribution is 2.35. The summed E-state index contributed by atoms with van der Waals surface area (Å²) >= 11 is 0. The molecule has 1 atom stereocenters. The van der Waals surface area contributed by atoms with Gasteiger partial charge in [-0.25, -0.2) is 0 Å². The standard InChI is InChI=1S/C30H32N2O5/c1-20-7-12-24(13-8-20)32(30(34)22-11-16-26-27(19-22)37-18-17-36-26)28(21-9-14-25(35-2)15-10-21)29(33)31-23-5-3-4-6-23/h7-16,19,23,28H,3-6,17-18H2,1-2H3,(H,31,33)/t28-/m0/s1. The van der Waals surface area contributed by atoms with Gasteiger partial charge in [0, 0.05) is 17.3 Å². The van der Waals surface area contributed by atoms with Crippen LogP contribution in [-0.2, 0) is 4.79 Å². The molecule has 3 aromatic carbocycles. The van der Waals surface area contributed by atoms with Gasteiger partial charge in [-0.2, -0.15) is 0 Å². The average molecular weight is 501 g/mol. The second kappa shape index (κ2) is 10.9. The number of hydrogen-bond donors (Lipinski definition) is 1. The molecule has 1 fully saturated rings. The van der Waals surface area contributed by atoms with Crippen molar-refractivity contribution in [2.24, 2.45) is 0 Å². The zero-order valence-corrected chi connectivity index (χ0v) is 21.2. The largest absolute Gasteiger partial charge is 0.497 e. The highest BCUT2D eigenvalue weighted by molar-refractivity contribution is 6.10. The van der Waals surface area contributed by atoms with Crippen LogP contribution in [-0.4, -0.2) is 38.2 Å². The van der Waals surface area contributed by atoms with Gasteiger partial charge in [0.05, 0.1) is 7.11 Å². The summed E-state index contributed by atoms with van der Waals surface area (Å²) in [7, 11) is 1.60. The molecular weight excluding hydrogens is 468 g/mol. The normalized spacial score (nSPS) is 15.6. The minimum absolute atomic E-state index is 0.109. The molecule has 1 heterocycles. The van der Waals surface area contributed by atoms with Crippen molar-refractivity contribution < 1.29 is 23.8 Å². The van der Waals surface area contributed by atoms with Crippen molar-refractivity contribution in [3.05, 3.63) is 83.4 Å². The maximum Gasteiger partial charge on any atom is 0.259 e. The topological polar surface area (TPSA) is 77.1 Å². The lowest BCUT2D eigenvalue weighted by atomic mass is 10.0. The Balaban J connectivity index is 1.59. The van der Waals surface area contributed by atoms with Crippen molar-refractivity contribution >= 4 is 17.5 Å². The molecule has 0 spiro atoms. The Hall–Kier alpha value is -4.00. The molecule has 5 rings (SSSR count). The van der Waals surface area contributed by atoms with Crippen LogP contribution in [0.25, 0.3) is 0 Å². The van der Waals surface area contributed by atoms with Gasteiger partial charge in [-0.3, -0.25) is 14.5 Å². The minimum Gasteiger partial charge on any atom is -0.497 e. The molecule has 0 bridgehead atoms. The molecule has 37 heavy (non-hydrogen) atoms. The van der Waals surface area contributed by atoms with E-state index in [1.165, 1.54) is 0 Å². The second-order valence-electron chi connectivity index (χ2n) is 9.53. The molecule has 1 N–H and O–H groups in total. The lowest BCUT2D eigenvalue weighted by Crippen LogP contribution is -2.46. The third-order valence-electron chi connectivity index (χ3n) is 6.96. The minimum atomic E-state index is -0.880. The lowest BCUT2D eigenvalue weighted by molar-refractivity contribution is -0.123. The van der Waals surface area contributed by atoms with E-state index in [0.717, 1.165) is 31.2 Å². The van der Waals surface area contributed by atoms with E-state index in [9.17, 15) is 9.59 Å². The zero-order valence-electron chi connectivity index (χ0n) is 21.2. The van der Waals surface area contributed by atoms with E-state index >= 15 is 0 Å². The van der Waals surface area contributed by atoms with Crippen LogP contribution >= 0.6 is 0 Å². The second-order valence-corrected chi connectivity index (χ2v) is 9.53. The summed E-state index contributed by atoms with van der Waals surface area (Å²) in [5.74, 6) is 1.30. The number of anilines is 1. The molecule has 1 saturated carbocycles. The van der Waals surface area contributed by atoms with Gasteiger partial charge >= 0.3 is 0 Å². The van der Waals surface area contributed by atoms with Crippen LogP contribution in [0.1, 0.15) is 53.2 Å². The van der Waals surface area contributed by atoms with Gasteiger partial charge < -0.3 is 19.5 Å². The van der Waals surface area contributed by atoms with Crippen LogP contribution in [0.15, 0.2) is 66.7 Å². The fraction of sp³-hybridized carbons (Fsp3) is 0.333. The summed E-state index contributed by atoms with van der Waals surface area (Å²) < 4.78 is 16.7. The molecule has 0 radical (unpaired) electrons. The van der Waals surface area contributed by atoms with Crippen molar-refractivity contribution in [1.82, 2.24) is 5.32 Å². The summed E-state index contributed by atoms with van der Waals surface area (Å²) in [6, 6.07) is 19.3. The predicted molar refractivity (Wildman–Crippen MR) is 142 cm³/mol. The number of hydrogen-bond acceptors (Lipinski definition) is 5. The molecule has 3 aromatic rings. The first-order chi connectivity index (χ1) is 18.0. The van der Waals surface area contributed by atoms with Gasteiger partial charge in [-0.05, 0) is 67.8 Å². The van der Waals surface area contributed by atoms with E-state index in [-0.39, 0.29) is 17.9 Å². The first kappa shape index (κ1) is 24.7. The zero-order chi connectivity index (χ0) is 25.8. The number of benzene rings is 3. The smallest absolute Gasteiger partial charge is 0.259 e. The SMILES string of the molecule is COc1ccc([C@@H](C(=O)NC2CCCC2)N(C(=O)c2ccc3c(c2)OCCO3)c2ccc(C)cc2)cc1. The number of fused-ring (bicyclic) bond motifs is 1. The van der Waals surface area contributed by atoms with E-state index < -0.39 is 6.04 Å². The maximum absolute atomic E-state index is 14.2. The Morgan fingerprint density at radius 3 is 2.27 bits per heavy atom. The van der Waals surface area contributed by atoms with Crippen LogP contribution in [0.3, 0.4) is 0 Å². The Kier molecular flexibility index (Phi) is 7.30. The molecular formula is C30H32N2O5. The summed E-state index contributed by atoms with van der Waals surface area (Å²) in [5, 5.41) is 3.22. The third kappa shape index (κ3) is 5.40. The monoisotopic (exact) mass is 500 g/mol. The molecule has 7 nitrogen and oxygen atoms in total. The van der Waals surface area contributed by atoms with E-state index in [1.807, 2.05) is 55.5 Å². The molecule has 2 aliphatic rings. The molecule has 2 amide bonds. The van der Waals surface area contributed by atoms with Gasteiger partial charge in [-0.1, -0.05) is 42.7 Å². The summed E-state index contributed by atoms with van der Waals surface area (Å²) in [6.45, 7) is 2.88. The van der Waals surface area contributed by atoms with Crippen molar-refractivity contribution in [1.29, 1.82) is 0 Å². The molecule has 1 aliphatic carbocycles. The van der Waals surface area contributed by atoms with E-state index in [1.54, 1.807) is 30.2 Å². The lowest BCUT2D eigenvalue weighted by Gasteiger charge is -2.33. The number of aryl methyl sites for hydroxylation is 1. The van der Waals surface area contributed by atoms with Crippen LogP contribution in [0.4, 0.5) is 5.69 Å². The summed E-state index contributed by atoms with van der Waals surface area (Å²) in [4.78, 5) is 29.7. The van der Waals surface area contributed by atoms with Gasteiger partial charge in [0.1, 0.15) is 25.0 Å². The number of rotatable bonds is 7. The van der Waals surface area contributed by atoms with Crippen LogP contribution in [0, 0.1) is 6.92 Å². The maximum atomic E-state index is 14.2. The third-order valence-corrected chi connectivity index (χ3v) is 6.96. The number of ether oxygens (including phenoxy) is 3. The highest BCUT2D eigenvalue weighted by atomic mass is 16.6. The van der Waals surface area contributed by atoms with Crippen molar-refractivity contribution in [3.63, 3.8) is 0 Å². The Labute approximate surface area is 217 Å². The van der Waals surface area contributed by atoms with E-state index in [0.29, 0.717) is 47.3 Å². The molecule has 192 valence electrons. The van der Waals surface area contributed by atoms with Gasteiger partial charge in [0.25, 0.3) is 5.91 Å². The first-order valence-corrected chi connectivity index (χ1v) is 12.8. The van der Waals surface area contributed by atoms with Crippen molar-refractivity contribution in [2.75, 3.05) is 25.2 Å². The quantitative estimate of drug-likeness (QED) is 0.481. The van der Waals surface area contributed by atoms with Gasteiger partial charge in [-0.15, -0.1) is 0 Å². The van der Waals surface area contributed by atoms with Crippen molar-refractivity contribution in [2.45, 2.75) is 44.7 Å².